The number of nitrogens with two attached hydrogens (primary N) is 1. The quantitative estimate of drug-likeness (QED) is 0.748. The lowest BCUT2D eigenvalue weighted by molar-refractivity contribution is -0.715. The number of carbonyl (C=O) groups is 2. The number of nitrogens with one attached hydrogen (secondary N) is 1. The second-order valence-corrected chi connectivity index (χ2v) is 5.63. The number of carbonyl (C=O) groups excluding carboxylic acids is 2. The predicted molar refractivity (Wildman–Crippen MR) is 67.9 cm³/mol. The van der Waals surface area contributed by atoms with E-state index in [1.165, 1.54) is 30.6 Å². The smallest absolute Gasteiger partial charge is 0.324 e. The Balaban J connectivity index is 1.88. The van der Waals surface area contributed by atoms with Crippen molar-refractivity contribution in [3.8, 4) is 0 Å². The van der Waals surface area contributed by atoms with Crippen LogP contribution in [-0.4, -0.2) is 42.0 Å². The van der Waals surface area contributed by atoms with Gasteiger partial charge in [0.1, 0.15) is 0 Å². The molecule has 3 N–H and O–H groups in total. The standard InChI is InChI=1S/C13H23N3O2/c1-9-5-3-4-6-11(9)15-10(2)12(17)16-8-7-14-13(16)18/h9-11,15H,3-8H2,1-2H3,(H,14,18)/p+1/t9-,10-,11+/m0/s1. The molecule has 0 unspecified atom stereocenters. The predicted octanol–water partition coefficient (Wildman–Crippen LogP) is 0.0688. The van der Waals surface area contributed by atoms with E-state index < -0.39 is 0 Å². The van der Waals surface area contributed by atoms with Crippen LogP contribution in [0.25, 0.3) is 0 Å². The number of hydrogen-bond acceptors (Lipinski definition) is 2. The molecule has 1 saturated heterocycles. The number of quaternary nitrogens is 1. The minimum absolute atomic E-state index is 0.0530. The first-order valence-corrected chi connectivity index (χ1v) is 7.04. The van der Waals surface area contributed by atoms with Gasteiger partial charge in [0.2, 0.25) is 0 Å². The van der Waals surface area contributed by atoms with E-state index in [-0.39, 0.29) is 18.0 Å². The number of nitrogens with zero attached hydrogens (tertiary/aromatic N) is 1. The summed E-state index contributed by atoms with van der Waals surface area (Å²) in [6, 6.07) is 0.139. The molecule has 18 heavy (non-hydrogen) atoms. The van der Waals surface area contributed by atoms with Gasteiger partial charge in [0.15, 0.2) is 6.04 Å². The molecule has 0 aromatic carbocycles. The van der Waals surface area contributed by atoms with Crippen LogP contribution < -0.4 is 10.6 Å². The second kappa shape index (κ2) is 5.69. The normalized spacial score (nSPS) is 30.1. The van der Waals surface area contributed by atoms with Crippen LogP contribution in [0.4, 0.5) is 4.79 Å². The molecule has 0 aromatic rings. The summed E-state index contributed by atoms with van der Waals surface area (Å²) in [6.07, 6.45) is 5.01. The zero-order valence-electron chi connectivity index (χ0n) is 11.3. The Labute approximate surface area is 108 Å². The lowest BCUT2D eigenvalue weighted by Gasteiger charge is -2.29. The molecule has 1 aliphatic carbocycles. The monoisotopic (exact) mass is 254 g/mol. The summed E-state index contributed by atoms with van der Waals surface area (Å²) in [5.74, 6) is 0.615. The molecule has 1 saturated carbocycles. The molecule has 0 bridgehead atoms. The Morgan fingerprint density at radius 3 is 2.78 bits per heavy atom. The topological polar surface area (TPSA) is 66.0 Å². The molecule has 5 nitrogen and oxygen atoms in total. The third kappa shape index (κ3) is 2.83. The maximum absolute atomic E-state index is 12.2. The molecule has 2 rings (SSSR count). The van der Waals surface area contributed by atoms with Gasteiger partial charge in [0.05, 0.1) is 6.04 Å². The van der Waals surface area contributed by atoms with E-state index in [0.717, 1.165) is 0 Å². The summed E-state index contributed by atoms with van der Waals surface area (Å²) in [5, 5.41) is 4.83. The maximum Gasteiger partial charge on any atom is 0.324 e. The van der Waals surface area contributed by atoms with Gasteiger partial charge in [0.25, 0.3) is 5.91 Å². The SMILES string of the molecule is C[C@H]([NH2+][C@@H]1CCCC[C@@H]1C)C(=O)N1CCNC1=O. The minimum atomic E-state index is -0.239. The van der Waals surface area contributed by atoms with Crippen LogP contribution in [0.15, 0.2) is 0 Å². The maximum atomic E-state index is 12.2. The number of rotatable bonds is 3. The van der Waals surface area contributed by atoms with E-state index in [4.69, 9.17) is 0 Å². The number of urea groups is 1. The highest BCUT2D eigenvalue weighted by atomic mass is 16.2. The fraction of sp³-hybridized carbons (Fsp3) is 0.846. The molecule has 2 aliphatic rings. The van der Waals surface area contributed by atoms with Crippen LogP contribution in [0.3, 0.4) is 0 Å². The molecule has 3 atom stereocenters. The van der Waals surface area contributed by atoms with Gasteiger partial charge in [-0.25, -0.2) is 4.79 Å². The fourth-order valence-electron chi connectivity index (χ4n) is 3.01. The summed E-state index contributed by atoms with van der Waals surface area (Å²) < 4.78 is 0. The van der Waals surface area contributed by atoms with Crippen LogP contribution in [0.2, 0.25) is 0 Å². The first kappa shape index (κ1) is 13.3. The van der Waals surface area contributed by atoms with Crippen LogP contribution in [-0.2, 0) is 4.79 Å². The van der Waals surface area contributed by atoms with Gasteiger partial charge >= 0.3 is 6.03 Å². The molecule has 102 valence electrons. The highest BCUT2D eigenvalue weighted by Crippen LogP contribution is 2.21. The minimum Gasteiger partial charge on any atom is -0.336 e. The third-order valence-corrected chi connectivity index (χ3v) is 4.23. The van der Waals surface area contributed by atoms with E-state index in [0.29, 0.717) is 25.0 Å². The second-order valence-electron chi connectivity index (χ2n) is 5.63. The molecular formula is C13H24N3O2+. The van der Waals surface area contributed by atoms with E-state index in [2.05, 4.69) is 17.6 Å². The van der Waals surface area contributed by atoms with Crippen molar-refractivity contribution in [1.29, 1.82) is 0 Å². The zero-order chi connectivity index (χ0) is 13.1. The summed E-state index contributed by atoms with van der Waals surface area (Å²) in [7, 11) is 0. The number of hydrogen-bond donors (Lipinski definition) is 2. The van der Waals surface area contributed by atoms with Gasteiger partial charge in [-0.15, -0.1) is 0 Å². The van der Waals surface area contributed by atoms with Crippen LogP contribution in [0.1, 0.15) is 39.5 Å². The van der Waals surface area contributed by atoms with Crippen LogP contribution >= 0.6 is 0 Å². The van der Waals surface area contributed by atoms with E-state index >= 15 is 0 Å². The van der Waals surface area contributed by atoms with Crippen molar-refractivity contribution in [2.24, 2.45) is 5.92 Å². The summed E-state index contributed by atoms with van der Waals surface area (Å²) in [5.41, 5.74) is 0. The zero-order valence-corrected chi connectivity index (χ0v) is 11.3. The Kier molecular flexibility index (Phi) is 4.22. The first-order valence-electron chi connectivity index (χ1n) is 7.04. The lowest BCUT2D eigenvalue weighted by atomic mass is 9.85. The van der Waals surface area contributed by atoms with Crippen molar-refractivity contribution in [2.75, 3.05) is 13.1 Å². The van der Waals surface area contributed by atoms with Crippen molar-refractivity contribution < 1.29 is 14.9 Å². The van der Waals surface area contributed by atoms with Crippen molar-refractivity contribution in [3.05, 3.63) is 0 Å². The Morgan fingerprint density at radius 2 is 2.17 bits per heavy atom. The van der Waals surface area contributed by atoms with E-state index in [1.807, 2.05) is 6.92 Å². The lowest BCUT2D eigenvalue weighted by Crippen LogP contribution is -2.97. The van der Waals surface area contributed by atoms with Crippen LogP contribution in [0, 0.1) is 5.92 Å². The highest BCUT2D eigenvalue weighted by Gasteiger charge is 2.34. The van der Waals surface area contributed by atoms with Crippen molar-refractivity contribution in [2.45, 2.75) is 51.6 Å². The van der Waals surface area contributed by atoms with Crippen molar-refractivity contribution in [3.63, 3.8) is 0 Å². The number of imide groups is 1. The van der Waals surface area contributed by atoms with Gasteiger partial charge in [-0.05, 0) is 26.2 Å². The molecule has 0 radical (unpaired) electrons. The van der Waals surface area contributed by atoms with Gasteiger partial charge < -0.3 is 10.6 Å². The molecule has 0 aromatic heterocycles. The summed E-state index contributed by atoms with van der Waals surface area (Å²) >= 11 is 0. The molecular weight excluding hydrogens is 230 g/mol. The van der Waals surface area contributed by atoms with Crippen LogP contribution in [0.5, 0.6) is 0 Å². The Morgan fingerprint density at radius 1 is 1.44 bits per heavy atom. The molecule has 5 heteroatoms. The average Bonchev–Trinajstić information content (AvgIpc) is 2.77. The fourth-order valence-corrected chi connectivity index (χ4v) is 3.01. The van der Waals surface area contributed by atoms with Gasteiger partial charge in [-0.2, -0.15) is 0 Å². The van der Waals surface area contributed by atoms with Gasteiger partial charge in [-0.3, -0.25) is 9.69 Å². The van der Waals surface area contributed by atoms with Gasteiger partial charge in [-0.1, -0.05) is 13.3 Å². The Hall–Kier alpha value is -1.10. The highest BCUT2D eigenvalue weighted by molar-refractivity contribution is 5.97. The summed E-state index contributed by atoms with van der Waals surface area (Å²) in [4.78, 5) is 25.0. The van der Waals surface area contributed by atoms with E-state index in [9.17, 15) is 9.59 Å². The Bertz CT molecular complexity index is 332. The third-order valence-electron chi connectivity index (χ3n) is 4.23. The van der Waals surface area contributed by atoms with Gasteiger partial charge in [0, 0.05) is 19.0 Å². The molecule has 0 spiro atoms. The number of amides is 3. The molecule has 1 aliphatic heterocycles. The summed E-state index contributed by atoms with van der Waals surface area (Å²) in [6.45, 7) is 5.27. The first-order chi connectivity index (χ1) is 8.59. The molecule has 2 fully saturated rings. The van der Waals surface area contributed by atoms with Crippen molar-refractivity contribution >= 4 is 11.9 Å². The average molecular weight is 254 g/mol. The van der Waals surface area contributed by atoms with Crippen molar-refractivity contribution in [1.82, 2.24) is 10.2 Å². The van der Waals surface area contributed by atoms with E-state index in [1.54, 1.807) is 0 Å². The molecule has 3 amide bonds. The largest absolute Gasteiger partial charge is 0.336 e. The molecule has 1 heterocycles.